The van der Waals surface area contributed by atoms with Crippen LogP contribution in [0.5, 0.6) is 0 Å². The Kier molecular flexibility index (Phi) is 7.00. The molecule has 3 rings (SSSR count). The highest BCUT2D eigenvalue weighted by molar-refractivity contribution is 7.88. The van der Waals surface area contributed by atoms with Crippen LogP contribution in [0.25, 0.3) is 0 Å². The van der Waals surface area contributed by atoms with Gasteiger partial charge in [0.15, 0.2) is 0 Å². The molecule has 1 aromatic rings. The third kappa shape index (κ3) is 6.30. The number of allylic oxidation sites excluding steroid dienone is 4. The van der Waals surface area contributed by atoms with Crippen molar-refractivity contribution in [1.82, 2.24) is 10.0 Å². The van der Waals surface area contributed by atoms with E-state index >= 15 is 0 Å². The normalized spacial score (nSPS) is 21.2. The summed E-state index contributed by atoms with van der Waals surface area (Å²) in [5.41, 5.74) is 9.12. The molecule has 4 N–H and O–H groups in total. The van der Waals surface area contributed by atoms with Crippen molar-refractivity contribution >= 4 is 10.0 Å². The first kappa shape index (κ1) is 21.8. The second kappa shape index (κ2) is 9.30. The molecule has 0 saturated carbocycles. The van der Waals surface area contributed by atoms with Crippen LogP contribution in [0.2, 0.25) is 0 Å². The number of nitrogens with two attached hydrogens (primary N) is 1. The monoisotopic (exact) mass is 423 g/mol. The molecule has 2 aliphatic rings. The zero-order valence-electron chi connectivity index (χ0n) is 16.4. The predicted octanol–water partition coefficient (Wildman–Crippen LogP) is 2.32. The Morgan fingerprint density at radius 3 is 2.62 bits per heavy atom. The summed E-state index contributed by atoms with van der Waals surface area (Å²) >= 11 is 0. The van der Waals surface area contributed by atoms with Gasteiger partial charge >= 0.3 is 0 Å². The first-order chi connectivity index (χ1) is 13.7. The minimum Gasteiger partial charge on any atom is -0.325 e. The second-order valence-corrected chi connectivity index (χ2v) is 9.42. The fourth-order valence-corrected chi connectivity index (χ4v) is 4.67. The standard InChI is InChI=1S/C21H27F2N3O2S/c1-29(27,28)26-21(11-14-9-16(22)12-17(23)10-14)19(24)13-25-20-8-4-6-15-5-2-3-7-18(15)20/h2,5-7,9-10,12,19-21,25-26H,3-4,8,11,13,24H2,1H3/t19-,20+,21+/m1/s1. The van der Waals surface area contributed by atoms with Gasteiger partial charge in [0.1, 0.15) is 11.6 Å². The van der Waals surface area contributed by atoms with Crippen LogP contribution in [0.15, 0.2) is 53.6 Å². The molecule has 0 bridgehead atoms. The van der Waals surface area contributed by atoms with E-state index in [9.17, 15) is 17.2 Å². The molecule has 29 heavy (non-hydrogen) atoms. The summed E-state index contributed by atoms with van der Waals surface area (Å²) in [6, 6.07) is 2.04. The number of nitrogens with one attached hydrogen (secondary N) is 2. The number of benzene rings is 1. The first-order valence-corrected chi connectivity index (χ1v) is 11.6. The molecule has 0 aromatic heterocycles. The summed E-state index contributed by atoms with van der Waals surface area (Å²) in [4.78, 5) is 0. The lowest BCUT2D eigenvalue weighted by atomic mass is 9.85. The van der Waals surface area contributed by atoms with Crippen LogP contribution in [0.1, 0.15) is 24.8 Å². The van der Waals surface area contributed by atoms with Crippen LogP contribution < -0.4 is 15.8 Å². The zero-order valence-corrected chi connectivity index (χ0v) is 17.2. The predicted molar refractivity (Wildman–Crippen MR) is 111 cm³/mol. The molecule has 8 heteroatoms. The fraction of sp³-hybridized carbons (Fsp3) is 0.429. The maximum Gasteiger partial charge on any atom is 0.209 e. The maximum absolute atomic E-state index is 13.5. The summed E-state index contributed by atoms with van der Waals surface area (Å²) in [5.74, 6) is -1.41. The van der Waals surface area contributed by atoms with Gasteiger partial charge in [0.25, 0.3) is 0 Å². The lowest BCUT2D eigenvalue weighted by Gasteiger charge is -2.31. The Morgan fingerprint density at radius 1 is 1.21 bits per heavy atom. The summed E-state index contributed by atoms with van der Waals surface area (Å²) in [7, 11) is -3.55. The number of hydrogen-bond donors (Lipinski definition) is 3. The minimum atomic E-state index is -3.55. The summed E-state index contributed by atoms with van der Waals surface area (Å²) in [5, 5.41) is 3.44. The van der Waals surface area contributed by atoms with E-state index in [0.29, 0.717) is 12.1 Å². The highest BCUT2D eigenvalue weighted by Gasteiger charge is 2.26. The van der Waals surface area contributed by atoms with E-state index in [1.807, 2.05) is 0 Å². The summed E-state index contributed by atoms with van der Waals surface area (Å²) in [6.07, 6.45) is 12.6. The van der Waals surface area contributed by atoms with E-state index < -0.39 is 33.7 Å². The van der Waals surface area contributed by atoms with E-state index in [0.717, 1.165) is 31.6 Å². The molecule has 0 radical (unpaired) electrons. The van der Waals surface area contributed by atoms with Crippen LogP contribution in [0.3, 0.4) is 0 Å². The number of fused-ring (bicyclic) bond motifs is 1. The maximum atomic E-state index is 13.5. The van der Waals surface area contributed by atoms with E-state index in [1.165, 1.54) is 23.3 Å². The highest BCUT2D eigenvalue weighted by atomic mass is 32.2. The molecule has 158 valence electrons. The topological polar surface area (TPSA) is 84.2 Å². The van der Waals surface area contributed by atoms with Gasteiger partial charge in [0.05, 0.1) is 6.26 Å². The van der Waals surface area contributed by atoms with Crippen molar-refractivity contribution in [2.24, 2.45) is 5.73 Å². The molecule has 0 amide bonds. The van der Waals surface area contributed by atoms with Crippen LogP contribution in [-0.2, 0) is 16.4 Å². The molecule has 1 aromatic carbocycles. The van der Waals surface area contributed by atoms with Gasteiger partial charge < -0.3 is 11.1 Å². The number of hydrogen-bond acceptors (Lipinski definition) is 4. The van der Waals surface area contributed by atoms with Crippen molar-refractivity contribution in [3.8, 4) is 0 Å². The Hall–Kier alpha value is -1.87. The van der Waals surface area contributed by atoms with Gasteiger partial charge in [0.2, 0.25) is 10.0 Å². The lowest BCUT2D eigenvalue weighted by Crippen LogP contribution is -2.54. The molecular weight excluding hydrogens is 396 g/mol. The van der Waals surface area contributed by atoms with Crippen molar-refractivity contribution in [3.05, 3.63) is 70.8 Å². The quantitative estimate of drug-likeness (QED) is 0.599. The minimum absolute atomic E-state index is 0.0891. The largest absolute Gasteiger partial charge is 0.325 e. The zero-order chi connectivity index (χ0) is 21.0. The van der Waals surface area contributed by atoms with E-state index in [2.05, 4.69) is 34.3 Å². The average molecular weight is 424 g/mol. The Labute approximate surface area is 170 Å². The number of halogens is 2. The van der Waals surface area contributed by atoms with Gasteiger partial charge in [-0.15, -0.1) is 0 Å². The summed E-state index contributed by atoms with van der Waals surface area (Å²) < 4.78 is 53.2. The van der Waals surface area contributed by atoms with Gasteiger partial charge in [-0.3, -0.25) is 0 Å². The van der Waals surface area contributed by atoms with Crippen LogP contribution >= 0.6 is 0 Å². The smallest absolute Gasteiger partial charge is 0.209 e. The van der Waals surface area contributed by atoms with Crippen molar-refractivity contribution in [2.75, 3.05) is 12.8 Å². The third-order valence-corrected chi connectivity index (χ3v) is 5.89. The molecule has 0 heterocycles. The van der Waals surface area contributed by atoms with Crippen molar-refractivity contribution < 1.29 is 17.2 Å². The fourth-order valence-electron chi connectivity index (χ4n) is 3.87. The molecule has 0 spiro atoms. The number of rotatable bonds is 8. The molecule has 5 nitrogen and oxygen atoms in total. The molecule has 2 aliphatic carbocycles. The Bertz CT molecular complexity index is 921. The van der Waals surface area contributed by atoms with Crippen molar-refractivity contribution in [3.63, 3.8) is 0 Å². The summed E-state index contributed by atoms with van der Waals surface area (Å²) in [6.45, 7) is 0.365. The number of sulfonamides is 1. The van der Waals surface area contributed by atoms with Crippen LogP contribution in [0.4, 0.5) is 8.78 Å². The van der Waals surface area contributed by atoms with Crippen LogP contribution in [0, 0.1) is 11.6 Å². The molecule has 3 atom stereocenters. The Balaban J connectivity index is 1.68. The first-order valence-electron chi connectivity index (χ1n) is 9.69. The molecule has 0 unspecified atom stereocenters. The SMILES string of the molecule is CS(=O)(=O)N[C@@H](Cc1cc(F)cc(F)c1)[C@H](N)CN[C@H]1CCC=C2C=CCC=C21. The van der Waals surface area contributed by atoms with Crippen molar-refractivity contribution in [2.45, 2.75) is 43.8 Å². The van der Waals surface area contributed by atoms with Gasteiger partial charge in [-0.1, -0.05) is 24.3 Å². The molecule has 0 saturated heterocycles. The van der Waals surface area contributed by atoms with Gasteiger partial charge in [-0.05, 0) is 54.5 Å². The highest BCUT2D eigenvalue weighted by Crippen LogP contribution is 2.28. The third-order valence-electron chi connectivity index (χ3n) is 5.16. The van der Waals surface area contributed by atoms with Crippen molar-refractivity contribution in [1.29, 1.82) is 0 Å². The Morgan fingerprint density at radius 2 is 1.93 bits per heavy atom. The van der Waals surface area contributed by atoms with E-state index in [-0.39, 0.29) is 12.5 Å². The van der Waals surface area contributed by atoms with E-state index in [1.54, 1.807) is 0 Å². The van der Waals surface area contributed by atoms with Gasteiger partial charge in [0, 0.05) is 30.7 Å². The van der Waals surface area contributed by atoms with E-state index in [4.69, 9.17) is 5.73 Å². The van der Waals surface area contributed by atoms with Gasteiger partial charge in [-0.25, -0.2) is 21.9 Å². The van der Waals surface area contributed by atoms with Crippen LogP contribution in [-0.4, -0.2) is 39.3 Å². The molecule has 0 aliphatic heterocycles. The average Bonchev–Trinajstić information content (AvgIpc) is 2.63. The molecular formula is C21H27F2N3O2S. The second-order valence-electron chi connectivity index (χ2n) is 7.64. The van der Waals surface area contributed by atoms with Gasteiger partial charge in [-0.2, -0.15) is 0 Å². The lowest BCUT2D eigenvalue weighted by molar-refractivity contribution is 0.423. The molecule has 0 fully saturated rings.